The first-order valence-corrected chi connectivity index (χ1v) is 4.78. The highest BCUT2D eigenvalue weighted by Gasteiger charge is 2.05. The zero-order valence-electron chi connectivity index (χ0n) is 7.13. The minimum absolute atomic E-state index is 0.535. The Morgan fingerprint density at radius 2 is 2.08 bits per heavy atom. The largest absolute Gasteiger partial charge is 0.496 e. The minimum atomic E-state index is 0.535. The highest BCUT2D eigenvalue weighted by molar-refractivity contribution is 8.13. The summed E-state index contributed by atoms with van der Waals surface area (Å²) in [4.78, 5) is 0. The molecule has 12 heavy (non-hydrogen) atoms. The van der Waals surface area contributed by atoms with Crippen molar-refractivity contribution in [3.05, 3.63) is 29.8 Å². The Labute approximate surface area is 76.4 Å². The van der Waals surface area contributed by atoms with Gasteiger partial charge in [0.1, 0.15) is 5.75 Å². The van der Waals surface area contributed by atoms with Crippen molar-refractivity contribution in [3.8, 4) is 5.75 Å². The van der Waals surface area contributed by atoms with Crippen LogP contribution in [-0.2, 0) is 0 Å². The average molecular weight is 181 g/mol. The smallest absolute Gasteiger partial charge is 0.128 e. The molecular weight excluding hydrogens is 170 g/mol. The summed E-state index contributed by atoms with van der Waals surface area (Å²) in [5, 5.41) is 8.14. The molecule has 2 nitrogen and oxygen atoms in total. The van der Waals surface area contributed by atoms with Gasteiger partial charge in [-0.2, -0.15) is 0 Å². The van der Waals surface area contributed by atoms with Gasteiger partial charge >= 0.3 is 0 Å². The van der Waals surface area contributed by atoms with Crippen LogP contribution in [-0.4, -0.2) is 18.4 Å². The standard InChI is InChI=1S/C9H11NOS/c1-11-8-6-4-3-5-7(8)9(10)12-2/h3-6,10H,1-2H3. The monoisotopic (exact) mass is 181 g/mol. The van der Waals surface area contributed by atoms with Crippen LogP contribution in [0.2, 0.25) is 0 Å². The third-order valence-electron chi connectivity index (χ3n) is 1.56. The molecule has 3 heteroatoms. The summed E-state index contributed by atoms with van der Waals surface area (Å²) in [6.07, 6.45) is 1.88. The minimum Gasteiger partial charge on any atom is -0.496 e. The van der Waals surface area contributed by atoms with Crippen molar-refractivity contribution < 1.29 is 4.74 Å². The van der Waals surface area contributed by atoms with E-state index in [4.69, 9.17) is 10.1 Å². The second kappa shape index (κ2) is 4.16. The maximum absolute atomic E-state index is 7.61. The van der Waals surface area contributed by atoms with Crippen molar-refractivity contribution in [2.24, 2.45) is 0 Å². The van der Waals surface area contributed by atoms with Crippen molar-refractivity contribution in [1.29, 1.82) is 5.41 Å². The van der Waals surface area contributed by atoms with Gasteiger partial charge in [-0.1, -0.05) is 12.1 Å². The molecule has 0 unspecified atom stereocenters. The average Bonchev–Trinajstić information content (AvgIpc) is 2.16. The summed E-state index contributed by atoms with van der Waals surface area (Å²) in [6, 6.07) is 7.55. The van der Waals surface area contributed by atoms with Crippen molar-refractivity contribution >= 4 is 16.8 Å². The number of para-hydroxylation sites is 1. The van der Waals surface area contributed by atoms with Crippen LogP contribution in [0.15, 0.2) is 24.3 Å². The van der Waals surface area contributed by atoms with E-state index in [0.29, 0.717) is 5.04 Å². The van der Waals surface area contributed by atoms with Crippen molar-refractivity contribution in [3.63, 3.8) is 0 Å². The first-order chi connectivity index (χ1) is 5.79. The van der Waals surface area contributed by atoms with E-state index in [9.17, 15) is 0 Å². The first-order valence-electron chi connectivity index (χ1n) is 3.55. The first kappa shape index (κ1) is 9.13. The van der Waals surface area contributed by atoms with Crippen LogP contribution in [0.3, 0.4) is 0 Å². The maximum atomic E-state index is 7.61. The number of hydrogen-bond donors (Lipinski definition) is 1. The second-order valence-electron chi connectivity index (χ2n) is 2.23. The van der Waals surface area contributed by atoms with Gasteiger partial charge in [0, 0.05) is 5.56 Å². The topological polar surface area (TPSA) is 33.1 Å². The summed E-state index contributed by atoms with van der Waals surface area (Å²) in [5.41, 5.74) is 0.854. The van der Waals surface area contributed by atoms with E-state index in [-0.39, 0.29) is 0 Å². The molecule has 0 bridgehead atoms. The van der Waals surface area contributed by atoms with E-state index >= 15 is 0 Å². The maximum Gasteiger partial charge on any atom is 0.128 e. The van der Waals surface area contributed by atoms with E-state index < -0.39 is 0 Å². The summed E-state index contributed by atoms with van der Waals surface area (Å²) < 4.78 is 5.11. The Kier molecular flexibility index (Phi) is 3.17. The lowest BCUT2D eigenvalue weighted by molar-refractivity contribution is 0.414. The molecule has 0 saturated heterocycles. The van der Waals surface area contributed by atoms with Gasteiger partial charge in [0.25, 0.3) is 0 Å². The van der Waals surface area contributed by atoms with Gasteiger partial charge in [0.2, 0.25) is 0 Å². The van der Waals surface area contributed by atoms with Crippen LogP contribution in [0.4, 0.5) is 0 Å². The highest BCUT2D eigenvalue weighted by atomic mass is 32.2. The summed E-state index contributed by atoms with van der Waals surface area (Å²) in [7, 11) is 1.62. The lowest BCUT2D eigenvalue weighted by atomic mass is 10.2. The van der Waals surface area contributed by atoms with Gasteiger partial charge in [0.05, 0.1) is 12.2 Å². The van der Waals surface area contributed by atoms with Gasteiger partial charge in [-0.15, -0.1) is 11.8 Å². The molecule has 0 amide bonds. The molecule has 1 aromatic rings. The van der Waals surface area contributed by atoms with E-state index in [1.54, 1.807) is 7.11 Å². The molecule has 64 valence electrons. The highest BCUT2D eigenvalue weighted by Crippen LogP contribution is 2.21. The Balaban J connectivity index is 3.04. The fraction of sp³-hybridized carbons (Fsp3) is 0.222. The molecule has 0 aromatic heterocycles. The molecule has 0 saturated carbocycles. The summed E-state index contributed by atoms with van der Waals surface area (Å²) in [5.74, 6) is 0.761. The number of ether oxygens (including phenoxy) is 1. The van der Waals surface area contributed by atoms with Crippen LogP contribution < -0.4 is 4.74 Å². The lowest BCUT2D eigenvalue weighted by Crippen LogP contribution is -1.96. The van der Waals surface area contributed by atoms with Crippen molar-refractivity contribution in [2.45, 2.75) is 0 Å². The molecular formula is C9H11NOS. The normalized spacial score (nSPS) is 9.50. The Morgan fingerprint density at radius 3 is 2.67 bits per heavy atom. The summed E-state index contributed by atoms with van der Waals surface area (Å²) >= 11 is 1.41. The Bertz CT molecular complexity index is 286. The zero-order chi connectivity index (χ0) is 8.97. The number of methoxy groups -OCH3 is 1. The van der Waals surface area contributed by atoms with Gasteiger partial charge in [-0.05, 0) is 18.4 Å². The Morgan fingerprint density at radius 1 is 1.42 bits per heavy atom. The summed E-state index contributed by atoms with van der Waals surface area (Å²) in [6.45, 7) is 0. The predicted molar refractivity (Wildman–Crippen MR) is 53.3 cm³/mol. The van der Waals surface area contributed by atoms with Crippen LogP contribution in [0.5, 0.6) is 5.75 Å². The molecule has 0 heterocycles. The van der Waals surface area contributed by atoms with Crippen LogP contribution in [0.1, 0.15) is 5.56 Å². The van der Waals surface area contributed by atoms with Gasteiger partial charge < -0.3 is 4.74 Å². The SMILES string of the molecule is COc1ccccc1C(=N)SC. The zero-order valence-corrected chi connectivity index (χ0v) is 7.94. The third kappa shape index (κ3) is 1.80. The molecule has 0 aliphatic carbocycles. The number of thioether (sulfide) groups is 1. The van der Waals surface area contributed by atoms with Gasteiger partial charge in [0.15, 0.2) is 0 Å². The molecule has 0 atom stereocenters. The third-order valence-corrected chi connectivity index (χ3v) is 2.18. The Hall–Kier alpha value is -0.960. The van der Waals surface area contributed by atoms with Crippen molar-refractivity contribution in [2.75, 3.05) is 13.4 Å². The number of nitrogens with one attached hydrogen (secondary N) is 1. The number of benzene rings is 1. The number of rotatable bonds is 2. The second-order valence-corrected chi connectivity index (χ2v) is 3.05. The molecule has 0 radical (unpaired) electrons. The van der Waals surface area contributed by atoms with Gasteiger partial charge in [-0.3, -0.25) is 5.41 Å². The molecule has 1 rings (SSSR count). The van der Waals surface area contributed by atoms with Crippen LogP contribution in [0, 0.1) is 5.41 Å². The van der Waals surface area contributed by atoms with Crippen molar-refractivity contribution in [1.82, 2.24) is 0 Å². The van der Waals surface area contributed by atoms with Gasteiger partial charge in [-0.25, -0.2) is 0 Å². The molecule has 0 spiro atoms. The van der Waals surface area contributed by atoms with E-state index in [2.05, 4.69) is 0 Å². The fourth-order valence-corrected chi connectivity index (χ4v) is 1.33. The lowest BCUT2D eigenvalue weighted by Gasteiger charge is -2.06. The quantitative estimate of drug-likeness (QED) is 0.561. The molecule has 1 N–H and O–H groups in total. The number of hydrogen-bond acceptors (Lipinski definition) is 3. The molecule has 0 aliphatic rings. The fourth-order valence-electron chi connectivity index (χ4n) is 0.942. The molecule has 0 aliphatic heterocycles. The van der Waals surface area contributed by atoms with Crippen LogP contribution >= 0.6 is 11.8 Å². The van der Waals surface area contributed by atoms with Crippen LogP contribution in [0.25, 0.3) is 0 Å². The van der Waals surface area contributed by atoms with E-state index in [0.717, 1.165) is 11.3 Å². The van der Waals surface area contributed by atoms with E-state index in [1.165, 1.54) is 11.8 Å². The predicted octanol–water partition coefficient (Wildman–Crippen LogP) is 2.38. The molecule has 0 fully saturated rings. The van der Waals surface area contributed by atoms with E-state index in [1.807, 2.05) is 30.5 Å². The molecule has 1 aromatic carbocycles.